The molecule has 0 atom stereocenters. The highest BCUT2D eigenvalue weighted by atomic mass is 79.9. The smallest absolute Gasteiger partial charge is 0.0727 e. The average Bonchev–Trinajstić information content (AvgIpc) is 2.23. The van der Waals surface area contributed by atoms with E-state index in [2.05, 4.69) is 28.1 Å². The van der Waals surface area contributed by atoms with E-state index in [1.54, 1.807) is 0 Å². The molecule has 0 aliphatic heterocycles. The maximum Gasteiger partial charge on any atom is 0.0727 e. The van der Waals surface area contributed by atoms with E-state index in [-0.39, 0.29) is 0 Å². The number of nitrogens with two attached hydrogens (primary N) is 1. The van der Waals surface area contributed by atoms with Gasteiger partial charge in [0.2, 0.25) is 0 Å². The number of benzene rings is 1. The summed E-state index contributed by atoms with van der Waals surface area (Å²) in [5.74, 6) is 0. The standard InChI is InChI=1S/C12H16BrNOS/c13-11-5-3-4-10(8-11)9-15-7-2-1-6-12(14)16/h3-5,8H,1-2,6-7,9H2,(H2,14,16). The quantitative estimate of drug-likeness (QED) is 0.619. The van der Waals surface area contributed by atoms with E-state index >= 15 is 0 Å². The van der Waals surface area contributed by atoms with Crippen molar-refractivity contribution in [2.24, 2.45) is 5.73 Å². The van der Waals surface area contributed by atoms with Crippen LogP contribution in [0.3, 0.4) is 0 Å². The first-order valence-electron chi connectivity index (χ1n) is 5.29. The topological polar surface area (TPSA) is 35.2 Å². The van der Waals surface area contributed by atoms with Gasteiger partial charge in [-0.2, -0.15) is 0 Å². The Morgan fingerprint density at radius 3 is 2.88 bits per heavy atom. The Balaban J connectivity index is 2.09. The van der Waals surface area contributed by atoms with Crippen molar-refractivity contribution in [2.75, 3.05) is 6.61 Å². The van der Waals surface area contributed by atoms with Crippen molar-refractivity contribution in [1.29, 1.82) is 0 Å². The molecule has 0 unspecified atom stereocenters. The Hall–Kier alpha value is -0.450. The van der Waals surface area contributed by atoms with Crippen molar-refractivity contribution in [1.82, 2.24) is 0 Å². The molecule has 1 aromatic rings. The third kappa shape index (κ3) is 6.20. The Morgan fingerprint density at radius 2 is 2.19 bits per heavy atom. The summed E-state index contributed by atoms with van der Waals surface area (Å²) < 4.78 is 6.64. The van der Waals surface area contributed by atoms with Gasteiger partial charge in [-0.05, 0) is 37.0 Å². The molecule has 16 heavy (non-hydrogen) atoms. The van der Waals surface area contributed by atoms with E-state index in [4.69, 9.17) is 22.7 Å². The molecular formula is C12H16BrNOS. The minimum Gasteiger partial charge on any atom is -0.393 e. The number of hydrogen-bond donors (Lipinski definition) is 1. The van der Waals surface area contributed by atoms with Gasteiger partial charge in [0.1, 0.15) is 0 Å². The number of ether oxygens (including phenoxy) is 1. The molecule has 1 aromatic carbocycles. The summed E-state index contributed by atoms with van der Waals surface area (Å²) in [5, 5.41) is 0. The number of halogens is 1. The van der Waals surface area contributed by atoms with Crippen LogP contribution in [0.25, 0.3) is 0 Å². The van der Waals surface area contributed by atoms with Crippen LogP contribution in [-0.2, 0) is 11.3 Å². The monoisotopic (exact) mass is 301 g/mol. The van der Waals surface area contributed by atoms with Gasteiger partial charge in [-0.15, -0.1) is 0 Å². The molecule has 4 heteroatoms. The summed E-state index contributed by atoms with van der Waals surface area (Å²) in [5.41, 5.74) is 6.58. The maximum atomic E-state index is 5.55. The molecule has 1 rings (SSSR count). The Morgan fingerprint density at radius 1 is 1.38 bits per heavy atom. The van der Waals surface area contributed by atoms with Gasteiger partial charge in [0.25, 0.3) is 0 Å². The summed E-state index contributed by atoms with van der Waals surface area (Å²) in [7, 11) is 0. The molecule has 2 N–H and O–H groups in total. The molecule has 0 saturated carbocycles. The van der Waals surface area contributed by atoms with Gasteiger partial charge < -0.3 is 10.5 Å². The highest BCUT2D eigenvalue weighted by Gasteiger charge is 1.95. The molecule has 2 nitrogen and oxygen atoms in total. The second-order valence-corrected chi connectivity index (χ2v) is 5.05. The molecule has 0 saturated heterocycles. The average molecular weight is 302 g/mol. The molecule has 0 aliphatic rings. The minimum absolute atomic E-state index is 0.590. The fourth-order valence-corrected chi connectivity index (χ4v) is 1.91. The summed E-state index contributed by atoms with van der Waals surface area (Å²) in [6.07, 6.45) is 2.83. The number of unbranched alkanes of at least 4 members (excludes halogenated alkanes) is 1. The van der Waals surface area contributed by atoms with Crippen LogP contribution in [0.15, 0.2) is 28.7 Å². The van der Waals surface area contributed by atoms with Crippen molar-refractivity contribution >= 4 is 33.1 Å². The van der Waals surface area contributed by atoms with E-state index < -0.39 is 0 Å². The van der Waals surface area contributed by atoms with E-state index in [1.807, 2.05) is 12.1 Å². The minimum atomic E-state index is 0.590. The van der Waals surface area contributed by atoms with Gasteiger partial charge in [-0.25, -0.2) is 0 Å². The summed E-state index contributed by atoms with van der Waals surface area (Å²) in [6, 6.07) is 8.14. The molecular weight excluding hydrogens is 286 g/mol. The lowest BCUT2D eigenvalue weighted by Gasteiger charge is -2.04. The number of rotatable bonds is 7. The van der Waals surface area contributed by atoms with Gasteiger partial charge in [0.15, 0.2) is 0 Å². The van der Waals surface area contributed by atoms with Crippen LogP contribution in [0.2, 0.25) is 0 Å². The first-order valence-corrected chi connectivity index (χ1v) is 6.49. The molecule has 0 amide bonds. The molecule has 0 aromatic heterocycles. The third-order valence-corrected chi connectivity index (χ3v) is 2.82. The van der Waals surface area contributed by atoms with Crippen LogP contribution >= 0.6 is 28.1 Å². The molecule has 0 radical (unpaired) electrons. The lowest BCUT2D eigenvalue weighted by molar-refractivity contribution is 0.117. The van der Waals surface area contributed by atoms with Gasteiger partial charge in [-0.1, -0.05) is 40.3 Å². The predicted octanol–water partition coefficient (Wildman–Crippen LogP) is 3.42. The first kappa shape index (κ1) is 13.6. The molecule has 0 fully saturated rings. The van der Waals surface area contributed by atoms with Gasteiger partial charge in [0.05, 0.1) is 11.6 Å². The summed E-state index contributed by atoms with van der Waals surface area (Å²) >= 11 is 8.22. The van der Waals surface area contributed by atoms with E-state index in [0.29, 0.717) is 11.6 Å². The van der Waals surface area contributed by atoms with Crippen LogP contribution in [0.4, 0.5) is 0 Å². The van der Waals surface area contributed by atoms with Crippen LogP contribution < -0.4 is 5.73 Å². The van der Waals surface area contributed by atoms with Gasteiger partial charge in [-0.3, -0.25) is 0 Å². The van der Waals surface area contributed by atoms with E-state index in [0.717, 1.165) is 30.3 Å². The van der Waals surface area contributed by atoms with Crippen molar-refractivity contribution in [2.45, 2.75) is 25.9 Å². The zero-order valence-corrected chi connectivity index (χ0v) is 11.5. The second-order valence-electron chi connectivity index (χ2n) is 3.61. The predicted molar refractivity (Wildman–Crippen MR) is 74.4 cm³/mol. The fraction of sp³-hybridized carbons (Fsp3) is 0.417. The van der Waals surface area contributed by atoms with Crippen molar-refractivity contribution in [3.05, 3.63) is 34.3 Å². The van der Waals surface area contributed by atoms with Crippen LogP contribution in [0, 0.1) is 0 Å². The lowest BCUT2D eigenvalue weighted by Crippen LogP contribution is -2.07. The zero-order valence-electron chi connectivity index (χ0n) is 9.12. The Bertz CT molecular complexity index is 344. The highest BCUT2D eigenvalue weighted by Crippen LogP contribution is 2.12. The normalized spacial score (nSPS) is 10.3. The van der Waals surface area contributed by atoms with Crippen molar-refractivity contribution in [3.8, 4) is 0 Å². The second kappa shape index (κ2) is 7.76. The Kier molecular flexibility index (Phi) is 6.61. The number of hydrogen-bond acceptors (Lipinski definition) is 2. The highest BCUT2D eigenvalue weighted by molar-refractivity contribution is 9.10. The van der Waals surface area contributed by atoms with Gasteiger partial charge >= 0.3 is 0 Å². The zero-order chi connectivity index (χ0) is 11.8. The molecule has 0 aliphatic carbocycles. The molecule has 0 bridgehead atoms. The summed E-state index contributed by atoms with van der Waals surface area (Å²) in [6.45, 7) is 1.42. The van der Waals surface area contributed by atoms with Crippen molar-refractivity contribution in [3.63, 3.8) is 0 Å². The molecule has 0 spiro atoms. The van der Waals surface area contributed by atoms with E-state index in [9.17, 15) is 0 Å². The lowest BCUT2D eigenvalue weighted by atomic mass is 10.2. The van der Waals surface area contributed by atoms with Crippen LogP contribution in [0.1, 0.15) is 24.8 Å². The van der Waals surface area contributed by atoms with E-state index in [1.165, 1.54) is 5.56 Å². The molecule has 88 valence electrons. The summed E-state index contributed by atoms with van der Waals surface area (Å²) in [4.78, 5) is 0.590. The van der Waals surface area contributed by atoms with Gasteiger partial charge in [0, 0.05) is 11.1 Å². The largest absolute Gasteiger partial charge is 0.393 e. The molecule has 0 heterocycles. The van der Waals surface area contributed by atoms with Crippen molar-refractivity contribution < 1.29 is 4.74 Å². The Labute approximate surface area is 110 Å². The SMILES string of the molecule is NC(=S)CCCCOCc1cccc(Br)c1. The van der Waals surface area contributed by atoms with Crippen LogP contribution in [-0.4, -0.2) is 11.6 Å². The van der Waals surface area contributed by atoms with Crippen LogP contribution in [0.5, 0.6) is 0 Å². The fourth-order valence-electron chi connectivity index (χ4n) is 1.32. The number of thiocarbonyl (C=S) groups is 1. The first-order chi connectivity index (χ1) is 7.68. The maximum absolute atomic E-state index is 5.55. The third-order valence-electron chi connectivity index (χ3n) is 2.12.